The number of allylic oxidation sites excluding steroid dienone is 15. The van der Waals surface area contributed by atoms with E-state index in [1.165, 1.54) is 161 Å². The monoisotopic (exact) mass is 1050 g/mol. The quantitative estimate of drug-likeness (QED) is 0.0261. The van der Waals surface area contributed by atoms with Crippen LogP contribution in [0, 0.1) is 0 Å². The summed E-state index contributed by atoms with van der Waals surface area (Å²) in [5, 5.41) is 54.5. The fourth-order valence-corrected chi connectivity index (χ4v) is 9.29. The van der Waals surface area contributed by atoms with Gasteiger partial charge in [0.1, 0.15) is 24.4 Å². The van der Waals surface area contributed by atoms with Crippen molar-refractivity contribution in [3.63, 3.8) is 0 Å². The summed E-state index contributed by atoms with van der Waals surface area (Å²) >= 11 is 0. The third-order valence-electron chi connectivity index (χ3n) is 14.1. The largest absolute Gasteiger partial charge is 0.394 e. The summed E-state index contributed by atoms with van der Waals surface area (Å²) in [6.45, 7) is 3.64. The maximum Gasteiger partial charge on any atom is 0.220 e. The van der Waals surface area contributed by atoms with Gasteiger partial charge in [-0.2, -0.15) is 0 Å². The number of nitrogens with one attached hydrogen (secondary N) is 1. The Kier molecular flexibility index (Phi) is 50.9. The molecule has 7 unspecified atom stereocenters. The lowest BCUT2D eigenvalue weighted by Gasteiger charge is -2.40. The van der Waals surface area contributed by atoms with Gasteiger partial charge in [-0.1, -0.05) is 265 Å². The predicted octanol–water partition coefficient (Wildman–Crippen LogP) is 16.0. The van der Waals surface area contributed by atoms with E-state index in [0.717, 1.165) is 70.6 Å². The van der Waals surface area contributed by atoms with Gasteiger partial charge in [-0.15, -0.1) is 0 Å². The maximum absolute atomic E-state index is 13.0. The van der Waals surface area contributed by atoms with Crippen LogP contribution >= 0.6 is 0 Å². The number of hydrogen-bond acceptors (Lipinski definition) is 8. The highest BCUT2D eigenvalue weighted by Gasteiger charge is 2.44. The molecule has 0 aromatic carbocycles. The van der Waals surface area contributed by atoms with Gasteiger partial charge in [-0.25, -0.2) is 0 Å². The van der Waals surface area contributed by atoms with E-state index in [4.69, 9.17) is 9.47 Å². The summed E-state index contributed by atoms with van der Waals surface area (Å²) in [7, 11) is 0. The van der Waals surface area contributed by atoms with Crippen molar-refractivity contribution < 1.29 is 39.8 Å². The van der Waals surface area contributed by atoms with Crippen molar-refractivity contribution in [3.8, 4) is 0 Å². The van der Waals surface area contributed by atoms with Crippen molar-refractivity contribution in [3.05, 3.63) is 97.2 Å². The molecule has 1 fully saturated rings. The number of rotatable bonds is 52. The Morgan fingerprint density at radius 2 is 0.840 bits per heavy atom. The Hall–Kier alpha value is -2.89. The van der Waals surface area contributed by atoms with Gasteiger partial charge in [0.05, 0.1) is 25.4 Å². The number of aliphatic hydroxyl groups is 5. The molecule has 0 radical (unpaired) electrons. The van der Waals surface area contributed by atoms with Crippen LogP contribution in [0.25, 0.3) is 0 Å². The average molecular weight is 1050 g/mol. The molecule has 0 aromatic heterocycles. The van der Waals surface area contributed by atoms with E-state index in [1.54, 1.807) is 6.08 Å². The van der Waals surface area contributed by atoms with E-state index in [0.29, 0.717) is 6.42 Å². The Bertz CT molecular complexity index is 1500. The molecule has 1 aliphatic rings. The second kappa shape index (κ2) is 54.5. The summed E-state index contributed by atoms with van der Waals surface area (Å²) in [6, 6.07) is -0.853. The van der Waals surface area contributed by atoms with Gasteiger partial charge in [-0.3, -0.25) is 4.79 Å². The number of ether oxygens (including phenoxy) is 2. The van der Waals surface area contributed by atoms with Crippen LogP contribution in [0.5, 0.6) is 0 Å². The van der Waals surface area contributed by atoms with E-state index >= 15 is 0 Å². The van der Waals surface area contributed by atoms with Crippen LogP contribution < -0.4 is 5.32 Å². The lowest BCUT2D eigenvalue weighted by molar-refractivity contribution is -0.302. The number of aliphatic hydroxyl groups excluding tert-OH is 5. The Morgan fingerprint density at radius 1 is 0.467 bits per heavy atom. The van der Waals surface area contributed by atoms with Crippen LogP contribution in [0.2, 0.25) is 0 Å². The highest BCUT2D eigenvalue weighted by atomic mass is 16.7. The zero-order chi connectivity index (χ0) is 54.3. The van der Waals surface area contributed by atoms with E-state index < -0.39 is 49.5 Å². The number of unbranched alkanes of at least 4 members (excludes halogenated alkanes) is 28. The summed E-state index contributed by atoms with van der Waals surface area (Å²) in [5.41, 5.74) is 0. The molecule has 0 aliphatic carbocycles. The fourth-order valence-electron chi connectivity index (χ4n) is 9.29. The van der Waals surface area contributed by atoms with Crippen LogP contribution in [0.15, 0.2) is 97.2 Å². The standard InChI is InChI=1S/C66H115NO8/c1-3-5-7-9-11-13-15-17-19-21-23-25-26-27-28-29-30-31-32-33-34-36-37-39-41-43-45-47-49-51-53-55-60(69)59(58-74-66-65(73)64(72)63(71)61(57-68)75-66)67-62(70)56-54-52-50-48-46-44-42-40-38-35-24-22-20-18-16-14-12-10-8-6-4-2/h6,8,12,14,18,20,24,35,40,42,45-48,53,55,59-61,63-66,68-69,71-73H,3-5,7,9-11,13,15-17,19,21-23,25-34,36-39,41,43-44,49-52,54,56-58H2,1-2H3,(H,67,70)/b8-6-,14-12-,20-18-,35-24-,42-40-,47-45+,48-46-,55-53+. The highest BCUT2D eigenvalue weighted by molar-refractivity contribution is 5.76. The Labute approximate surface area is 460 Å². The Balaban J connectivity index is 2.24. The maximum atomic E-state index is 13.0. The minimum atomic E-state index is -1.59. The van der Waals surface area contributed by atoms with Gasteiger partial charge in [0.15, 0.2) is 6.29 Å². The Morgan fingerprint density at radius 3 is 1.28 bits per heavy atom. The van der Waals surface area contributed by atoms with Crippen molar-refractivity contribution in [1.29, 1.82) is 0 Å². The summed E-state index contributed by atoms with van der Waals surface area (Å²) in [4.78, 5) is 13.0. The minimum Gasteiger partial charge on any atom is -0.394 e. The highest BCUT2D eigenvalue weighted by Crippen LogP contribution is 2.23. The summed E-state index contributed by atoms with van der Waals surface area (Å²) < 4.78 is 11.2. The first kappa shape index (κ1) is 70.1. The average Bonchev–Trinajstić information content (AvgIpc) is 3.41. The second-order valence-electron chi connectivity index (χ2n) is 21.1. The predicted molar refractivity (Wildman–Crippen MR) is 318 cm³/mol. The molecule has 0 aromatic rings. The van der Waals surface area contributed by atoms with Crippen LogP contribution in [0.3, 0.4) is 0 Å². The zero-order valence-corrected chi connectivity index (χ0v) is 48.0. The zero-order valence-electron chi connectivity index (χ0n) is 48.0. The van der Waals surface area contributed by atoms with Gasteiger partial charge in [0.25, 0.3) is 0 Å². The van der Waals surface area contributed by atoms with Crippen molar-refractivity contribution in [2.75, 3.05) is 13.2 Å². The van der Waals surface area contributed by atoms with Crippen LogP contribution in [0.4, 0.5) is 0 Å². The number of carbonyl (C=O) groups excluding carboxylic acids is 1. The molecule has 1 amide bonds. The first-order chi connectivity index (χ1) is 36.8. The lowest BCUT2D eigenvalue weighted by Crippen LogP contribution is -2.60. The van der Waals surface area contributed by atoms with Gasteiger partial charge in [0.2, 0.25) is 5.91 Å². The topological polar surface area (TPSA) is 149 Å². The molecule has 1 aliphatic heterocycles. The molecule has 75 heavy (non-hydrogen) atoms. The van der Waals surface area contributed by atoms with Crippen molar-refractivity contribution in [2.24, 2.45) is 0 Å². The third kappa shape index (κ3) is 43.7. The van der Waals surface area contributed by atoms with Crippen LogP contribution in [-0.4, -0.2) is 87.5 Å². The van der Waals surface area contributed by atoms with E-state index in [9.17, 15) is 30.3 Å². The van der Waals surface area contributed by atoms with Crippen LogP contribution in [0.1, 0.15) is 258 Å². The van der Waals surface area contributed by atoms with Crippen molar-refractivity contribution in [1.82, 2.24) is 5.32 Å². The van der Waals surface area contributed by atoms with Crippen molar-refractivity contribution in [2.45, 2.75) is 301 Å². The molecular weight excluding hydrogens is 935 g/mol. The molecule has 7 atom stereocenters. The molecular formula is C66H115NO8. The normalized spacial score (nSPS) is 19.6. The van der Waals surface area contributed by atoms with E-state index in [1.807, 2.05) is 6.08 Å². The lowest BCUT2D eigenvalue weighted by atomic mass is 9.99. The fraction of sp³-hybridized carbons (Fsp3) is 0.742. The molecule has 1 heterocycles. The minimum absolute atomic E-state index is 0.224. The van der Waals surface area contributed by atoms with E-state index in [-0.39, 0.29) is 18.9 Å². The van der Waals surface area contributed by atoms with E-state index in [2.05, 4.69) is 104 Å². The first-order valence-electron chi connectivity index (χ1n) is 31.0. The second-order valence-corrected chi connectivity index (χ2v) is 21.1. The molecule has 0 spiro atoms. The third-order valence-corrected chi connectivity index (χ3v) is 14.1. The van der Waals surface area contributed by atoms with Gasteiger partial charge in [0, 0.05) is 6.42 Å². The first-order valence-corrected chi connectivity index (χ1v) is 31.0. The molecule has 0 saturated carbocycles. The van der Waals surface area contributed by atoms with Gasteiger partial charge in [-0.05, 0) is 83.5 Å². The number of amides is 1. The SMILES string of the molecule is CC/C=C\C/C=C\C/C=C\C/C=C\C/C=C\C/C=C\CCCCC(=O)NC(COC1OC(CO)C(O)C(O)C1O)C(O)/C=C/CC/C=C/CCCCCCCCCCCCCCCCCCCCCCCCCCC. The summed E-state index contributed by atoms with van der Waals surface area (Å²) in [6.07, 6.45) is 72.1. The van der Waals surface area contributed by atoms with Crippen LogP contribution in [-0.2, 0) is 14.3 Å². The molecule has 9 heteroatoms. The summed E-state index contributed by atoms with van der Waals surface area (Å²) in [5.74, 6) is -0.230. The molecule has 9 nitrogen and oxygen atoms in total. The molecule has 0 bridgehead atoms. The molecule has 6 N–H and O–H groups in total. The molecule has 1 rings (SSSR count). The number of hydrogen-bond donors (Lipinski definition) is 6. The molecule has 1 saturated heterocycles. The molecule has 432 valence electrons. The van der Waals surface area contributed by atoms with Gasteiger partial charge < -0.3 is 40.3 Å². The number of carbonyl (C=O) groups is 1. The van der Waals surface area contributed by atoms with Gasteiger partial charge >= 0.3 is 0 Å². The smallest absolute Gasteiger partial charge is 0.220 e. The van der Waals surface area contributed by atoms with Crippen molar-refractivity contribution >= 4 is 5.91 Å².